The number of hydrogen-bond acceptors (Lipinski definition) is 4. The number of aryl methyl sites for hydroxylation is 1. The van der Waals surface area contributed by atoms with Gasteiger partial charge in [-0.05, 0) is 92.2 Å². The van der Waals surface area contributed by atoms with Crippen molar-refractivity contribution in [1.82, 2.24) is 0 Å². The van der Waals surface area contributed by atoms with Gasteiger partial charge in [-0.15, -0.1) is 0 Å². The molecule has 5 nitrogen and oxygen atoms in total. The van der Waals surface area contributed by atoms with Crippen LogP contribution in [0.15, 0.2) is 91.0 Å². The smallest absolute Gasteiger partial charge is 0.255 e. The van der Waals surface area contributed by atoms with E-state index in [1.54, 1.807) is 36.4 Å². The lowest BCUT2D eigenvalue weighted by Gasteiger charge is -2.14. The number of anilines is 1. The van der Waals surface area contributed by atoms with Gasteiger partial charge in [-0.1, -0.05) is 29.8 Å². The number of halogens is 1. The summed E-state index contributed by atoms with van der Waals surface area (Å²) in [4.78, 5) is 12.9. The number of amides is 1. The molecule has 6 heteroatoms. The lowest BCUT2D eigenvalue weighted by Crippen LogP contribution is -2.13. The molecule has 4 rings (SSSR count). The Morgan fingerprint density at radius 2 is 1.54 bits per heavy atom. The number of carbonyl (C=O) groups excluding carboxylic acids is 1. The molecule has 0 fully saturated rings. The highest BCUT2D eigenvalue weighted by Crippen LogP contribution is 2.26. The van der Waals surface area contributed by atoms with Crippen LogP contribution in [0, 0.1) is 6.92 Å². The van der Waals surface area contributed by atoms with E-state index in [1.807, 2.05) is 68.4 Å². The zero-order chi connectivity index (χ0) is 24.6. The number of para-hydroxylation sites is 1. The number of ether oxygens (including phenoxy) is 3. The second kappa shape index (κ2) is 11.4. The first-order valence-electron chi connectivity index (χ1n) is 11.3. The Bertz CT molecular complexity index is 1290. The first-order valence-corrected chi connectivity index (χ1v) is 11.7. The van der Waals surface area contributed by atoms with Gasteiger partial charge in [0.05, 0.1) is 6.61 Å². The van der Waals surface area contributed by atoms with Crippen molar-refractivity contribution in [3.05, 3.63) is 113 Å². The minimum Gasteiger partial charge on any atom is -0.493 e. The first-order chi connectivity index (χ1) is 17.0. The summed E-state index contributed by atoms with van der Waals surface area (Å²) in [5.74, 6) is 2.59. The average molecular weight is 488 g/mol. The highest BCUT2D eigenvalue weighted by atomic mass is 35.5. The molecule has 0 aliphatic heterocycles. The van der Waals surface area contributed by atoms with Crippen molar-refractivity contribution >= 4 is 23.2 Å². The molecule has 0 radical (unpaired) electrons. The molecule has 178 valence electrons. The van der Waals surface area contributed by atoms with Gasteiger partial charge >= 0.3 is 0 Å². The molecule has 0 spiro atoms. The Kier molecular flexibility index (Phi) is 7.91. The molecule has 0 aliphatic rings. The summed E-state index contributed by atoms with van der Waals surface area (Å²) in [5.41, 5.74) is 2.88. The van der Waals surface area contributed by atoms with Crippen LogP contribution in [-0.2, 0) is 6.61 Å². The Morgan fingerprint density at radius 3 is 2.26 bits per heavy atom. The van der Waals surface area contributed by atoms with Gasteiger partial charge in [-0.3, -0.25) is 4.79 Å². The molecule has 4 aromatic carbocycles. The molecule has 0 bridgehead atoms. The maximum absolute atomic E-state index is 12.9. The van der Waals surface area contributed by atoms with E-state index in [9.17, 15) is 4.79 Å². The van der Waals surface area contributed by atoms with Crippen LogP contribution in [-0.4, -0.2) is 12.5 Å². The van der Waals surface area contributed by atoms with Gasteiger partial charge in [0.1, 0.15) is 29.6 Å². The summed E-state index contributed by atoms with van der Waals surface area (Å²) >= 11 is 6.10. The largest absolute Gasteiger partial charge is 0.493 e. The van der Waals surface area contributed by atoms with E-state index in [4.69, 9.17) is 25.8 Å². The number of carbonyl (C=O) groups is 1. The van der Waals surface area contributed by atoms with E-state index in [2.05, 4.69) is 5.32 Å². The molecule has 0 aromatic heterocycles. The van der Waals surface area contributed by atoms with Gasteiger partial charge in [0.25, 0.3) is 5.91 Å². The van der Waals surface area contributed by atoms with E-state index in [0.29, 0.717) is 40.1 Å². The Balaban J connectivity index is 1.44. The van der Waals surface area contributed by atoms with Crippen LogP contribution in [0.2, 0.25) is 5.02 Å². The predicted octanol–water partition coefficient (Wildman–Crippen LogP) is 7.67. The monoisotopic (exact) mass is 487 g/mol. The van der Waals surface area contributed by atoms with Crippen molar-refractivity contribution in [2.75, 3.05) is 11.9 Å². The molecule has 0 saturated carbocycles. The van der Waals surface area contributed by atoms with E-state index in [-0.39, 0.29) is 12.5 Å². The minimum atomic E-state index is -0.228. The SMILES string of the molecule is CCOc1ccc(C(=O)Nc2ccc(Oc3ccccc3)cc2)cc1COc1ccc(Cl)c(C)c1. The summed E-state index contributed by atoms with van der Waals surface area (Å²) in [6, 6.07) is 27.6. The topological polar surface area (TPSA) is 56.8 Å². The summed E-state index contributed by atoms with van der Waals surface area (Å²) < 4.78 is 17.5. The Hall–Kier alpha value is -3.96. The van der Waals surface area contributed by atoms with Crippen molar-refractivity contribution in [2.24, 2.45) is 0 Å². The second-order valence-corrected chi connectivity index (χ2v) is 8.26. The summed E-state index contributed by atoms with van der Waals surface area (Å²) in [6.07, 6.45) is 0. The third-order valence-electron chi connectivity index (χ3n) is 5.24. The van der Waals surface area contributed by atoms with Gasteiger partial charge in [0.2, 0.25) is 0 Å². The maximum Gasteiger partial charge on any atom is 0.255 e. The van der Waals surface area contributed by atoms with Crippen molar-refractivity contribution in [1.29, 1.82) is 0 Å². The summed E-state index contributed by atoms with van der Waals surface area (Å²) in [5, 5.41) is 3.61. The molecular formula is C29H26ClNO4. The van der Waals surface area contributed by atoms with E-state index >= 15 is 0 Å². The molecule has 0 aliphatic carbocycles. The molecule has 0 saturated heterocycles. The minimum absolute atomic E-state index is 0.228. The Labute approximate surface area is 210 Å². The first kappa shape index (κ1) is 24.2. The van der Waals surface area contributed by atoms with Crippen molar-refractivity contribution in [3.63, 3.8) is 0 Å². The lowest BCUT2D eigenvalue weighted by molar-refractivity contribution is 0.102. The molecule has 0 unspecified atom stereocenters. The van der Waals surface area contributed by atoms with Crippen molar-refractivity contribution < 1.29 is 19.0 Å². The Morgan fingerprint density at radius 1 is 0.829 bits per heavy atom. The van der Waals surface area contributed by atoms with Crippen LogP contribution in [0.25, 0.3) is 0 Å². The van der Waals surface area contributed by atoms with E-state index in [0.717, 1.165) is 16.9 Å². The van der Waals surface area contributed by atoms with Gasteiger partial charge in [-0.25, -0.2) is 0 Å². The van der Waals surface area contributed by atoms with Crippen LogP contribution in [0.1, 0.15) is 28.4 Å². The third-order valence-corrected chi connectivity index (χ3v) is 5.66. The average Bonchev–Trinajstić information content (AvgIpc) is 2.87. The maximum atomic E-state index is 12.9. The van der Waals surface area contributed by atoms with Crippen LogP contribution in [0.4, 0.5) is 5.69 Å². The zero-order valence-corrected chi connectivity index (χ0v) is 20.3. The quantitative estimate of drug-likeness (QED) is 0.263. The molecule has 0 atom stereocenters. The summed E-state index contributed by atoms with van der Waals surface area (Å²) in [6.45, 7) is 4.60. The molecule has 35 heavy (non-hydrogen) atoms. The molecular weight excluding hydrogens is 462 g/mol. The van der Waals surface area contributed by atoms with Gasteiger partial charge in [0.15, 0.2) is 0 Å². The molecule has 4 aromatic rings. The lowest BCUT2D eigenvalue weighted by atomic mass is 10.1. The standard InChI is InChI=1S/C29H26ClNO4/c1-3-33-28-16-9-21(18-22(28)19-34-26-14-15-27(30)20(2)17-26)29(32)31-23-10-12-25(13-11-23)35-24-7-5-4-6-8-24/h4-18H,3,19H2,1-2H3,(H,31,32). The fraction of sp³-hybridized carbons (Fsp3) is 0.138. The summed E-state index contributed by atoms with van der Waals surface area (Å²) in [7, 11) is 0. The van der Waals surface area contributed by atoms with Crippen LogP contribution < -0.4 is 19.5 Å². The zero-order valence-electron chi connectivity index (χ0n) is 19.6. The van der Waals surface area contributed by atoms with Crippen LogP contribution in [0.3, 0.4) is 0 Å². The number of hydrogen-bond donors (Lipinski definition) is 1. The second-order valence-electron chi connectivity index (χ2n) is 7.85. The molecule has 1 N–H and O–H groups in total. The predicted molar refractivity (Wildman–Crippen MR) is 139 cm³/mol. The molecule has 1 amide bonds. The van der Waals surface area contributed by atoms with Gasteiger partial charge in [0, 0.05) is 21.8 Å². The normalized spacial score (nSPS) is 10.5. The molecule has 0 heterocycles. The van der Waals surface area contributed by atoms with Crippen LogP contribution in [0.5, 0.6) is 23.0 Å². The highest BCUT2D eigenvalue weighted by Gasteiger charge is 2.12. The van der Waals surface area contributed by atoms with Gasteiger partial charge in [-0.2, -0.15) is 0 Å². The highest BCUT2D eigenvalue weighted by molar-refractivity contribution is 6.31. The van der Waals surface area contributed by atoms with E-state index < -0.39 is 0 Å². The number of rotatable bonds is 9. The number of benzene rings is 4. The van der Waals surface area contributed by atoms with Crippen molar-refractivity contribution in [2.45, 2.75) is 20.5 Å². The fourth-order valence-electron chi connectivity index (χ4n) is 3.43. The van der Waals surface area contributed by atoms with Crippen LogP contribution >= 0.6 is 11.6 Å². The number of nitrogens with one attached hydrogen (secondary N) is 1. The van der Waals surface area contributed by atoms with Gasteiger partial charge < -0.3 is 19.5 Å². The third kappa shape index (κ3) is 6.55. The van der Waals surface area contributed by atoms with Crippen molar-refractivity contribution in [3.8, 4) is 23.0 Å². The fourth-order valence-corrected chi connectivity index (χ4v) is 3.55. The van der Waals surface area contributed by atoms with E-state index in [1.165, 1.54) is 0 Å².